The van der Waals surface area contributed by atoms with Crippen molar-refractivity contribution in [1.29, 1.82) is 5.41 Å². The minimum absolute atomic E-state index is 0.00164. The number of nitrogens with one attached hydrogen (secondary N) is 1. The van der Waals surface area contributed by atoms with Crippen molar-refractivity contribution in [3.05, 3.63) is 35.4 Å². The molecule has 5 heteroatoms. The van der Waals surface area contributed by atoms with Crippen LogP contribution in [0.15, 0.2) is 24.3 Å². The van der Waals surface area contributed by atoms with Crippen LogP contribution in [0.2, 0.25) is 0 Å². The highest BCUT2D eigenvalue weighted by molar-refractivity contribution is 5.95. The molecule has 0 unspecified atom stereocenters. The van der Waals surface area contributed by atoms with Crippen LogP contribution in [-0.2, 0) is 11.3 Å². The monoisotopic (exact) mass is 232 g/mol. The van der Waals surface area contributed by atoms with Crippen molar-refractivity contribution in [2.24, 2.45) is 11.5 Å². The van der Waals surface area contributed by atoms with E-state index in [0.717, 1.165) is 5.56 Å². The standard InChI is InChI=1S/C12H16N4O/c13-10-4-5-16(12(10)17)7-8-2-1-3-9(6-8)11(14)15/h1-3,6,10H,4-5,7,13H2,(H3,14,15)/t10-/m0/s1. The molecule has 1 atom stereocenters. The Bertz CT molecular complexity index is 458. The van der Waals surface area contributed by atoms with Crippen LogP contribution in [0.5, 0.6) is 0 Å². The molecule has 1 aliphatic rings. The fraction of sp³-hybridized carbons (Fsp3) is 0.333. The van der Waals surface area contributed by atoms with E-state index >= 15 is 0 Å². The van der Waals surface area contributed by atoms with Gasteiger partial charge in [0.1, 0.15) is 5.84 Å². The van der Waals surface area contributed by atoms with Crippen LogP contribution in [0.4, 0.5) is 0 Å². The molecule has 1 saturated heterocycles. The maximum Gasteiger partial charge on any atom is 0.239 e. The second kappa shape index (κ2) is 4.55. The van der Waals surface area contributed by atoms with E-state index in [9.17, 15) is 4.79 Å². The van der Waals surface area contributed by atoms with Gasteiger partial charge < -0.3 is 16.4 Å². The van der Waals surface area contributed by atoms with Crippen molar-refractivity contribution >= 4 is 11.7 Å². The number of hydrogen-bond donors (Lipinski definition) is 3. The zero-order valence-corrected chi connectivity index (χ0v) is 9.52. The number of nitrogens with zero attached hydrogens (tertiary/aromatic N) is 1. The number of carbonyl (C=O) groups excluding carboxylic acids is 1. The third-order valence-corrected chi connectivity index (χ3v) is 2.95. The third-order valence-electron chi connectivity index (χ3n) is 2.95. The molecular weight excluding hydrogens is 216 g/mol. The summed E-state index contributed by atoms with van der Waals surface area (Å²) in [5.41, 5.74) is 12.7. The molecule has 1 heterocycles. The number of benzene rings is 1. The molecule has 0 saturated carbocycles. The van der Waals surface area contributed by atoms with E-state index < -0.39 is 0 Å². The van der Waals surface area contributed by atoms with Crippen molar-refractivity contribution in [3.8, 4) is 0 Å². The van der Waals surface area contributed by atoms with Gasteiger partial charge in [-0.3, -0.25) is 10.2 Å². The average Bonchev–Trinajstić information content (AvgIpc) is 2.61. The Morgan fingerprint density at radius 1 is 1.53 bits per heavy atom. The summed E-state index contributed by atoms with van der Waals surface area (Å²) in [6.45, 7) is 1.23. The Labute approximate surface area is 99.9 Å². The Balaban J connectivity index is 2.11. The first kappa shape index (κ1) is 11.6. The molecule has 0 radical (unpaired) electrons. The minimum atomic E-state index is -0.356. The Hall–Kier alpha value is -1.88. The molecule has 5 N–H and O–H groups in total. The number of nitrogens with two attached hydrogens (primary N) is 2. The first-order valence-electron chi connectivity index (χ1n) is 5.55. The lowest BCUT2D eigenvalue weighted by atomic mass is 10.1. The summed E-state index contributed by atoms with van der Waals surface area (Å²) in [4.78, 5) is 13.4. The molecule has 1 fully saturated rings. The van der Waals surface area contributed by atoms with Crippen LogP contribution >= 0.6 is 0 Å². The van der Waals surface area contributed by atoms with Gasteiger partial charge in [-0.05, 0) is 18.1 Å². The SMILES string of the molecule is N=C(N)c1cccc(CN2CC[C@H](N)C2=O)c1. The molecule has 0 aromatic heterocycles. The van der Waals surface area contributed by atoms with Gasteiger partial charge in [0.2, 0.25) is 5.91 Å². The fourth-order valence-electron chi connectivity index (χ4n) is 1.98. The molecule has 1 amide bonds. The highest BCUT2D eigenvalue weighted by Gasteiger charge is 2.28. The highest BCUT2D eigenvalue weighted by atomic mass is 16.2. The number of carbonyl (C=O) groups is 1. The largest absolute Gasteiger partial charge is 0.384 e. The summed E-state index contributed by atoms with van der Waals surface area (Å²) in [7, 11) is 0. The van der Waals surface area contributed by atoms with E-state index in [4.69, 9.17) is 16.9 Å². The summed E-state index contributed by atoms with van der Waals surface area (Å²) in [5.74, 6) is 0.0366. The predicted molar refractivity (Wildman–Crippen MR) is 65.5 cm³/mol. The van der Waals surface area contributed by atoms with E-state index in [1.165, 1.54) is 0 Å². The molecule has 2 rings (SSSR count). The van der Waals surface area contributed by atoms with E-state index in [1.807, 2.05) is 18.2 Å². The van der Waals surface area contributed by atoms with Gasteiger partial charge in [-0.25, -0.2) is 0 Å². The quantitative estimate of drug-likeness (QED) is 0.506. The maximum absolute atomic E-state index is 11.7. The van der Waals surface area contributed by atoms with Crippen molar-refractivity contribution in [3.63, 3.8) is 0 Å². The number of amides is 1. The highest BCUT2D eigenvalue weighted by Crippen LogP contribution is 2.14. The maximum atomic E-state index is 11.7. The van der Waals surface area contributed by atoms with Gasteiger partial charge in [-0.1, -0.05) is 18.2 Å². The Morgan fingerprint density at radius 3 is 2.88 bits per heavy atom. The molecule has 1 aromatic rings. The van der Waals surface area contributed by atoms with Gasteiger partial charge in [-0.2, -0.15) is 0 Å². The fourth-order valence-corrected chi connectivity index (χ4v) is 1.98. The molecule has 17 heavy (non-hydrogen) atoms. The lowest BCUT2D eigenvalue weighted by molar-refractivity contribution is -0.129. The van der Waals surface area contributed by atoms with Crippen LogP contribution in [0.3, 0.4) is 0 Å². The van der Waals surface area contributed by atoms with E-state index in [1.54, 1.807) is 11.0 Å². The summed E-state index contributed by atoms with van der Waals surface area (Å²) in [6.07, 6.45) is 0.714. The first-order valence-corrected chi connectivity index (χ1v) is 5.55. The molecular formula is C12H16N4O. The second-order valence-corrected chi connectivity index (χ2v) is 4.27. The van der Waals surface area contributed by atoms with Gasteiger partial charge in [0.15, 0.2) is 0 Å². The third kappa shape index (κ3) is 2.45. The molecule has 90 valence electrons. The van der Waals surface area contributed by atoms with Crippen molar-refractivity contribution < 1.29 is 4.79 Å². The van der Waals surface area contributed by atoms with E-state index in [2.05, 4.69) is 0 Å². The van der Waals surface area contributed by atoms with Gasteiger partial charge in [0, 0.05) is 18.7 Å². The molecule has 1 aromatic carbocycles. The minimum Gasteiger partial charge on any atom is -0.384 e. The topological polar surface area (TPSA) is 96.2 Å². The van der Waals surface area contributed by atoms with Crippen LogP contribution in [-0.4, -0.2) is 29.2 Å². The second-order valence-electron chi connectivity index (χ2n) is 4.27. The van der Waals surface area contributed by atoms with Crippen molar-refractivity contribution in [2.75, 3.05) is 6.54 Å². The van der Waals surface area contributed by atoms with Gasteiger partial charge in [0.05, 0.1) is 6.04 Å². The number of amidine groups is 1. The Kier molecular flexibility index (Phi) is 3.10. The van der Waals surface area contributed by atoms with Gasteiger partial charge in [-0.15, -0.1) is 0 Å². The molecule has 0 spiro atoms. The summed E-state index contributed by atoms with van der Waals surface area (Å²) < 4.78 is 0. The van der Waals surface area contributed by atoms with Crippen LogP contribution in [0.25, 0.3) is 0 Å². The normalized spacial score (nSPS) is 19.7. The number of likely N-dealkylation sites (tertiary alicyclic amines) is 1. The van der Waals surface area contributed by atoms with Crippen molar-refractivity contribution in [2.45, 2.75) is 19.0 Å². The zero-order valence-electron chi connectivity index (χ0n) is 9.52. The zero-order chi connectivity index (χ0) is 12.4. The predicted octanol–water partition coefficient (Wildman–Crippen LogP) is 0.0303. The van der Waals surface area contributed by atoms with Gasteiger partial charge >= 0.3 is 0 Å². The first-order chi connectivity index (χ1) is 8.08. The van der Waals surface area contributed by atoms with Crippen LogP contribution in [0, 0.1) is 5.41 Å². The van der Waals surface area contributed by atoms with Crippen LogP contribution < -0.4 is 11.5 Å². The lowest BCUT2D eigenvalue weighted by Crippen LogP contribution is -2.33. The summed E-state index contributed by atoms with van der Waals surface area (Å²) in [5, 5.41) is 7.37. The number of hydrogen-bond acceptors (Lipinski definition) is 3. The lowest BCUT2D eigenvalue weighted by Gasteiger charge is -2.16. The smallest absolute Gasteiger partial charge is 0.239 e. The summed E-state index contributed by atoms with van der Waals surface area (Å²) in [6, 6.07) is 7.02. The molecule has 1 aliphatic heterocycles. The summed E-state index contributed by atoms with van der Waals surface area (Å²) >= 11 is 0. The average molecular weight is 232 g/mol. The molecule has 0 aliphatic carbocycles. The molecule has 5 nitrogen and oxygen atoms in total. The van der Waals surface area contributed by atoms with Crippen LogP contribution in [0.1, 0.15) is 17.5 Å². The number of rotatable bonds is 3. The van der Waals surface area contributed by atoms with Gasteiger partial charge in [0.25, 0.3) is 0 Å². The Morgan fingerprint density at radius 2 is 2.29 bits per heavy atom. The van der Waals surface area contributed by atoms with E-state index in [-0.39, 0.29) is 17.8 Å². The van der Waals surface area contributed by atoms with Crippen molar-refractivity contribution in [1.82, 2.24) is 4.90 Å². The van der Waals surface area contributed by atoms with E-state index in [0.29, 0.717) is 25.1 Å². The number of nitrogen functional groups attached to an aromatic ring is 1. The molecule has 0 bridgehead atoms.